The van der Waals surface area contributed by atoms with Crippen molar-refractivity contribution in [3.63, 3.8) is 0 Å². The molecule has 138 valence electrons. The monoisotopic (exact) mass is 394 g/mol. The third kappa shape index (κ3) is 1.87. The minimum atomic E-state index is 0.803. The Morgan fingerprint density at radius 3 is 2.72 bits per heavy atom. The number of pyridine rings is 1. The van der Waals surface area contributed by atoms with E-state index in [1.807, 2.05) is 17.8 Å². The molecule has 0 aliphatic carbocycles. The van der Waals surface area contributed by atoms with Crippen molar-refractivity contribution in [2.45, 2.75) is 16.7 Å². The van der Waals surface area contributed by atoms with Gasteiger partial charge in [-0.3, -0.25) is 0 Å². The zero-order valence-electron chi connectivity index (χ0n) is 15.9. The summed E-state index contributed by atoms with van der Waals surface area (Å²) < 4.78 is 14.2. The van der Waals surface area contributed by atoms with Gasteiger partial charge in [0.25, 0.3) is 0 Å². The quantitative estimate of drug-likeness (QED) is 0.267. The Labute approximate surface area is 170 Å². The molecule has 3 nitrogen and oxygen atoms in total. The van der Waals surface area contributed by atoms with Gasteiger partial charge in [-0.1, -0.05) is 36.0 Å². The van der Waals surface area contributed by atoms with Gasteiger partial charge in [-0.05, 0) is 35.4 Å². The Balaban J connectivity index is 1.71. The van der Waals surface area contributed by atoms with E-state index in [4.69, 9.17) is 8.83 Å². The van der Waals surface area contributed by atoms with Gasteiger partial charge in [0.1, 0.15) is 12.6 Å². The molecule has 0 fully saturated rings. The van der Waals surface area contributed by atoms with Crippen LogP contribution in [0.1, 0.15) is 5.56 Å². The van der Waals surface area contributed by atoms with Gasteiger partial charge in [-0.15, -0.1) is 0 Å². The first kappa shape index (κ1) is 15.7. The van der Waals surface area contributed by atoms with Crippen LogP contribution in [0, 0.1) is 6.92 Å². The van der Waals surface area contributed by atoms with E-state index in [0.717, 1.165) is 27.5 Å². The second-order valence-corrected chi connectivity index (χ2v) is 8.81. The van der Waals surface area contributed by atoms with E-state index in [-0.39, 0.29) is 0 Å². The van der Waals surface area contributed by atoms with Crippen molar-refractivity contribution in [2.24, 2.45) is 7.05 Å². The first-order chi connectivity index (χ1) is 14.2. The van der Waals surface area contributed by atoms with Crippen molar-refractivity contribution < 1.29 is 13.4 Å². The largest absolute Gasteiger partial charge is 0.460 e. The number of aromatic nitrogens is 1. The lowest BCUT2D eigenvalue weighted by atomic mass is 9.94. The van der Waals surface area contributed by atoms with E-state index >= 15 is 0 Å². The summed E-state index contributed by atoms with van der Waals surface area (Å²) in [6.45, 7) is 2.24. The van der Waals surface area contributed by atoms with Gasteiger partial charge in [-0.25, -0.2) is 4.57 Å². The topological polar surface area (TPSA) is 30.2 Å². The number of nitrogens with zero attached hydrogens (tertiary/aromatic N) is 1. The molecule has 0 radical (unpaired) electrons. The van der Waals surface area contributed by atoms with Gasteiger partial charge >= 0.3 is 0 Å². The van der Waals surface area contributed by atoms with Crippen LogP contribution in [0.25, 0.3) is 54.9 Å². The first-order valence-corrected chi connectivity index (χ1v) is 10.5. The van der Waals surface area contributed by atoms with Crippen LogP contribution in [-0.4, -0.2) is 0 Å². The highest BCUT2D eigenvalue weighted by Gasteiger charge is 2.31. The molecule has 4 heteroatoms. The molecule has 3 aromatic heterocycles. The Morgan fingerprint density at radius 1 is 0.897 bits per heavy atom. The standard InChI is InChI=1S/C25H16NO2S/c1-13-15-6-4-3-5-14(15)11-19-21(13)23-22-16(7-9-26(23)2)24-17(12-20(22)29-19)25-18(28-24)8-10-27-25/h3-12H,1-2H3/q+1. The minimum absolute atomic E-state index is 0.803. The van der Waals surface area contributed by atoms with Crippen LogP contribution in [0.2, 0.25) is 0 Å². The van der Waals surface area contributed by atoms with Gasteiger partial charge in [0.05, 0.1) is 22.6 Å². The summed E-state index contributed by atoms with van der Waals surface area (Å²) in [5.74, 6) is 0. The van der Waals surface area contributed by atoms with Gasteiger partial charge < -0.3 is 8.83 Å². The molecule has 0 saturated carbocycles. The number of aryl methyl sites for hydroxylation is 2. The second kappa shape index (κ2) is 5.22. The van der Waals surface area contributed by atoms with Crippen LogP contribution in [-0.2, 0) is 7.05 Å². The molecular formula is C25H16NO2S+. The van der Waals surface area contributed by atoms with E-state index in [0.29, 0.717) is 0 Å². The van der Waals surface area contributed by atoms with Crippen molar-refractivity contribution in [1.82, 2.24) is 0 Å². The fourth-order valence-corrected chi connectivity index (χ4v) is 6.10. The molecule has 0 amide bonds. The Morgan fingerprint density at radius 2 is 1.79 bits per heavy atom. The third-order valence-corrected chi connectivity index (χ3v) is 7.23. The number of furan rings is 2. The van der Waals surface area contributed by atoms with Gasteiger partial charge in [0.2, 0.25) is 5.69 Å². The summed E-state index contributed by atoms with van der Waals surface area (Å²) >= 11 is 1.85. The summed E-state index contributed by atoms with van der Waals surface area (Å²) in [6, 6.07) is 17.3. The van der Waals surface area contributed by atoms with E-state index in [2.05, 4.69) is 67.2 Å². The molecule has 4 heterocycles. The van der Waals surface area contributed by atoms with Crippen molar-refractivity contribution in [1.29, 1.82) is 0 Å². The second-order valence-electron chi connectivity index (χ2n) is 7.73. The van der Waals surface area contributed by atoms with E-state index in [1.54, 1.807) is 6.26 Å². The lowest BCUT2D eigenvalue weighted by molar-refractivity contribution is -0.659. The van der Waals surface area contributed by atoms with Crippen LogP contribution < -0.4 is 4.57 Å². The molecule has 29 heavy (non-hydrogen) atoms. The van der Waals surface area contributed by atoms with Crippen LogP contribution in [0.4, 0.5) is 0 Å². The Bertz CT molecular complexity index is 1650. The average molecular weight is 394 g/mol. The summed E-state index contributed by atoms with van der Waals surface area (Å²) in [6.07, 6.45) is 3.83. The average Bonchev–Trinajstić information content (AvgIpc) is 3.32. The van der Waals surface area contributed by atoms with Crippen molar-refractivity contribution in [3.8, 4) is 11.3 Å². The summed E-state index contributed by atoms with van der Waals surface area (Å²) in [5, 5.41) is 6.04. The maximum atomic E-state index is 6.20. The molecule has 0 unspecified atom stereocenters. The first-order valence-electron chi connectivity index (χ1n) is 9.66. The number of hydrogen-bond donors (Lipinski definition) is 0. The van der Waals surface area contributed by atoms with Gasteiger partial charge in [0, 0.05) is 27.3 Å². The van der Waals surface area contributed by atoms with E-state index in [9.17, 15) is 0 Å². The minimum Gasteiger partial charge on any atom is -0.460 e. The van der Waals surface area contributed by atoms with Crippen LogP contribution in [0.15, 0.2) is 79.6 Å². The molecule has 3 aromatic carbocycles. The fourth-order valence-electron chi connectivity index (χ4n) is 4.84. The summed E-state index contributed by atoms with van der Waals surface area (Å²) in [4.78, 5) is 2.55. The van der Waals surface area contributed by atoms with Gasteiger partial charge in [-0.2, -0.15) is 0 Å². The molecule has 1 aliphatic heterocycles. The molecule has 0 spiro atoms. The normalized spacial score (nSPS) is 13.0. The van der Waals surface area contributed by atoms with E-state index < -0.39 is 0 Å². The van der Waals surface area contributed by atoms with Crippen LogP contribution in [0.3, 0.4) is 0 Å². The SMILES string of the molecule is Cc1c2c(cc3ccccc13)Sc1cc3c4occc4oc3c3cc[n+](C)c-2c13. The van der Waals surface area contributed by atoms with Crippen molar-refractivity contribution in [2.75, 3.05) is 0 Å². The van der Waals surface area contributed by atoms with Crippen molar-refractivity contribution >= 4 is 55.4 Å². The predicted molar refractivity (Wildman–Crippen MR) is 116 cm³/mol. The predicted octanol–water partition coefficient (Wildman–Crippen LogP) is 6.75. The Hall–Kier alpha value is -3.24. The number of fused-ring (bicyclic) bond motifs is 7. The van der Waals surface area contributed by atoms with Gasteiger partial charge in [0.15, 0.2) is 17.4 Å². The number of hydrogen-bond acceptors (Lipinski definition) is 3. The molecule has 6 aromatic rings. The Kier molecular flexibility index (Phi) is 2.82. The zero-order chi connectivity index (χ0) is 19.3. The van der Waals surface area contributed by atoms with E-state index in [1.165, 1.54) is 42.8 Å². The maximum Gasteiger partial charge on any atom is 0.222 e. The van der Waals surface area contributed by atoms with Crippen molar-refractivity contribution in [3.05, 3.63) is 66.6 Å². The summed E-state index contributed by atoms with van der Waals surface area (Å²) in [5.41, 5.74) is 6.44. The maximum absolute atomic E-state index is 6.20. The molecule has 7 rings (SSSR count). The highest BCUT2D eigenvalue weighted by Crippen LogP contribution is 2.51. The highest BCUT2D eigenvalue weighted by molar-refractivity contribution is 7.99. The molecule has 0 saturated heterocycles. The molecule has 1 aliphatic rings. The third-order valence-electron chi connectivity index (χ3n) is 6.15. The summed E-state index contributed by atoms with van der Waals surface area (Å²) in [7, 11) is 2.13. The fraction of sp³-hybridized carbons (Fsp3) is 0.0800. The number of benzene rings is 3. The van der Waals surface area contributed by atoms with Crippen LogP contribution >= 0.6 is 11.8 Å². The highest BCUT2D eigenvalue weighted by atomic mass is 32.2. The smallest absolute Gasteiger partial charge is 0.222 e. The molecule has 0 N–H and O–H groups in total. The molecule has 0 atom stereocenters. The lowest BCUT2D eigenvalue weighted by Crippen LogP contribution is -2.31. The molecule has 0 bridgehead atoms. The lowest BCUT2D eigenvalue weighted by Gasteiger charge is -2.21. The zero-order valence-corrected chi connectivity index (χ0v) is 16.8. The number of rotatable bonds is 0. The molecular weight excluding hydrogens is 378 g/mol. The van der Waals surface area contributed by atoms with Crippen LogP contribution in [0.5, 0.6) is 0 Å².